The number of carbonyl (C=O) groups excluding carboxylic acids is 1. The van der Waals surface area contributed by atoms with Crippen molar-refractivity contribution in [3.63, 3.8) is 0 Å². The van der Waals surface area contributed by atoms with E-state index in [2.05, 4.69) is 31.2 Å². The van der Waals surface area contributed by atoms with Gasteiger partial charge in [0.25, 0.3) is 0 Å². The molecule has 0 unspecified atom stereocenters. The molecule has 0 aliphatic rings. The Bertz CT molecular complexity index is 497. The van der Waals surface area contributed by atoms with Crippen LogP contribution >= 0.6 is 0 Å². The van der Waals surface area contributed by atoms with Gasteiger partial charge >= 0.3 is 0 Å². The number of rotatable bonds is 3. The van der Waals surface area contributed by atoms with Crippen molar-refractivity contribution in [1.82, 2.24) is 0 Å². The van der Waals surface area contributed by atoms with Crippen LogP contribution < -0.4 is 0 Å². The van der Waals surface area contributed by atoms with Gasteiger partial charge in [-0.2, -0.15) is 0 Å². The third kappa shape index (κ3) is 2.62. The van der Waals surface area contributed by atoms with Crippen molar-refractivity contribution in [2.45, 2.75) is 19.8 Å². The van der Waals surface area contributed by atoms with E-state index >= 15 is 0 Å². The van der Waals surface area contributed by atoms with Gasteiger partial charge in [-0.25, -0.2) is 0 Å². The molecule has 0 aromatic heterocycles. The molecular formula is C16H16O. The summed E-state index contributed by atoms with van der Waals surface area (Å²) in [6.07, 6.45) is 0. The van der Waals surface area contributed by atoms with Crippen molar-refractivity contribution in [1.29, 1.82) is 0 Å². The van der Waals surface area contributed by atoms with E-state index in [0.29, 0.717) is 5.92 Å². The molecule has 0 heterocycles. The van der Waals surface area contributed by atoms with Gasteiger partial charge in [0.1, 0.15) is 0 Å². The molecule has 0 saturated carbocycles. The van der Waals surface area contributed by atoms with Crippen LogP contribution in [0.5, 0.6) is 0 Å². The number of carbonyl (C=O) groups is 1. The average molecular weight is 224 g/mol. The molecule has 2 aromatic carbocycles. The highest BCUT2D eigenvalue weighted by molar-refractivity contribution is 5.94. The monoisotopic (exact) mass is 224 g/mol. The average Bonchev–Trinajstić information content (AvgIpc) is 2.39. The van der Waals surface area contributed by atoms with Crippen LogP contribution in [0.25, 0.3) is 0 Å². The van der Waals surface area contributed by atoms with Crippen LogP contribution in [0.2, 0.25) is 0 Å². The van der Waals surface area contributed by atoms with Gasteiger partial charge in [0.2, 0.25) is 0 Å². The van der Waals surface area contributed by atoms with Gasteiger partial charge in [0, 0.05) is 11.5 Å². The lowest BCUT2D eigenvalue weighted by molar-refractivity contribution is 0.101. The fourth-order valence-corrected chi connectivity index (χ4v) is 1.94. The zero-order valence-electron chi connectivity index (χ0n) is 10.2. The Morgan fingerprint density at radius 2 is 1.41 bits per heavy atom. The number of benzene rings is 2. The van der Waals surface area contributed by atoms with Crippen molar-refractivity contribution < 1.29 is 4.79 Å². The van der Waals surface area contributed by atoms with Crippen LogP contribution in [-0.4, -0.2) is 5.78 Å². The first-order chi connectivity index (χ1) is 8.18. The summed E-state index contributed by atoms with van der Waals surface area (Å²) in [6, 6.07) is 18.3. The summed E-state index contributed by atoms with van der Waals surface area (Å²) in [5, 5.41) is 0. The van der Waals surface area contributed by atoms with E-state index in [1.165, 1.54) is 11.1 Å². The summed E-state index contributed by atoms with van der Waals surface area (Å²) in [7, 11) is 0. The van der Waals surface area contributed by atoms with E-state index in [1.54, 1.807) is 6.92 Å². The predicted molar refractivity (Wildman–Crippen MR) is 70.4 cm³/mol. The van der Waals surface area contributed by atoms with Gasteiger partial charge in [-0.3, -0.25) is 4.79 Å². The summed E-state index contributed by atoms with van der Waals surface area (Å²) < 4.78 is 0. The minimum absolute atomic E-state index is 0.115. The van der Waals surface area contributed by atoms with E-state index in [1.807, 2.05) is 30.3 Å². The first-order valence-electron chi connectivity index (χ1n) is 5.84. The molecule has 0 aliphatic heterocycles. The van der Waals surface area contributed by atoms with Crippen LogP contribution in [-0.2, 0) is 0 Å². The minimum Gasteiger partial charge on any atom is -0.295 e. The Morgan fingerprint density at radius 1 is 0.882 bits per heavy atom. The molecule has 0 bridgehead atoms. The van der Waals surface area contributed by atoms with E-state index < -0.39 is 0 Å². The molecule has 17 heavy (non-hydrogen) atoms. The molecule has 0 aliphatic carbocycles. The molecule has 86 valence electrons. The maximum atomic E-state index is 11.2. The molecule has 0 radical (unpaired) electrons. The molecule has 0 spiro atoms. The fourth-order valence-electron chi connectivity index (χ4n) is 1.94. The van der Waals surface area contributed by atoms with E-state index in [4.69, 9.17) is 0 Å². The lowest BCUT2D eigenvalue weighted by Gasteiger charge is -2.12. The Hall–Kier alpha value is -1.89. The van der Waals surface area contributed by atoms with Crippen molar-refractivity contribution in [2.24, 2.45) is 0 Å². The zero-order chi connectivity index (χ0) is 12.3. The highest BCUT2D eigenvalue weighted by Gasteiger charge is 2.08. The summed E-state index contributed by atoms with van der Waals surface area (Å²) in [5.41, 5.74) is 3.30. The Morgan fingerprint density at radius 3 is 1.94 bits per heavy atom. The summed E-state index contributed by atoms with van der Waals surface area (Å²) >= 11 is 0. The molecule has 0 N–H and O–H groups in total. The Kier molecular flexibility index (Phi) is 3.38. The smallest absolute Gasteiger partial charge is 0.159 e. The second-order valence-corrected chi connectivity index (χ2v) is 4.31. The lowest BCUT2D eigenvalue weighted by atomic mass is 9.92. The Labute approximate surface area is 102 Å². The highest BCUT2D eigenvalue weighted by atomic mass is 16.1. The van der Waals surface area contributed by atoms with Crippen molar-refractivity contribution in [2.75, 3.05) is 0 Å². The van der Waals surface area contributed by atoms with Gasteiger partial charge in [0.05, 0.1) is 0 Å². The third-order valence-electron chi connectivity index (χ3n) is 3.12. The topological polar surface area (TPSA) is 17.1 Å². The largest absolute Gasteiger partial charge is 0.295 e. The molecule has 2 rings (SSSR count). The van der Waals surface area contributed by atoms with Crippen LogP contribution in [0.3, 0.4) is 0 Å². The summed E-state index contributed by atoms with van der Waals surface area (Å²) in [4.78, 5) is 11.2. The van der Waals surface area contributed by atoms with Gasteiger partial charge in [0.15, 0.2) is 5.78 Å². The van der Waals surface area contributed by atoms with Crippen molar-refractivity contribution in [3.05, 3.63) is 71.3 Å². The lowest BCUT2D eigenvalue weighted by Crippen LogP contribution is -1.97. The molecule has 0 fully saturated rings. The quantitative estimate of drug-likeness (QED) is 0.719. The normalized spacial score (nSPS) is 12.1. The summed E-state index contributed by atoms with van der Waals surface area (Å²) in [5.74, 6) is 0.473. The molecule has 1 atom stereocenters. The number of ketones is 1. The van der Waals surface area contributed by atoms with Gasteiger partial charge in [-0.15, -0.1) is 0 Å². The maximum absolute atomic E-state index is 11.2. The second kappa shape index (κ2) is 4.96. The maximum Gasteiger partial charge on any atom is 0.159 e. The van der Waals surface area contributed by atoms with E-state index in [-0.39, 0.29) is 5.78 Å². The molecule has 2 aromatic rings. The number of Topliss-reactive ketones (excluding diaryl/α,β-unsaturated/α-hetero) is 1. The zero-order valence-corrected chi connectivity index (χ0v) is 10.2. The molecule has 1 heteroatoms. The van der Waals surface area contributed by atoms with Gasteiger partial charge < -0.3 is 0 Å². The number of hydrogen-bond acceptors (Lipinski definition) is 1. The van der Waals surface area contributed by atoms with Crippen LogP contribution in [0, 0.1) is 0 Å². The first kappa shape index (κ1) is 11.6. The molecule has 1 nitrogen and oxygen atoms in total. The second-order valence-electron chi connectivity index (χ2n) is 4.31. The molecular weight excluding hydrogens is 208 g/mol. The molecule has 0 saturated heterocycles. The van der Waals surface area contributed by atoms with Gasteiger partial charge in [-0.1, -0.05) is 61.5 Å². The number of hydrogen-bond donors (Lipinski definition) is 0. The predicted octanol–water partition coefficient (Wildman–Crippen LogP) is 4.04. The first-order valence-corrected chi connectivity index (χ1v) is 5.84. The van der Waals surface area contributed by atoms with Crippen LogP contribution in [0.15, 0.2) is 54.6 Å². The Balaban J connectivity index is 2.26. The molecule has 0 amide bonds. The van der Waals surface area contributed by atoms with Crippen molar-refractivity contribution >= 4 is 5.78 Å². The van der Waals surface area contributed by atoms with Crippen molar-refractivity contribution in [3.8, 4) is 0 Å². The minimum atomic E-state index is 0.115. The SMILES string of the molecule is CC(=O)c1ccc([C@H](C)c2ccccc2)cc1. The standard InChI is InChI=1S/C16H16O/c1-12(14-6-4-3-5-7-14)15-8-10-16(11-9-15)13(2)17/h3-12H,1-2H3/t12-/m1/s1. The van der Waals surface area contributed by atoms with Crippen LogP contribution in [0.1, 0.15) is 41.3 Å². The summed E-state index contributed by atoms with van der Waals surface area (Å²) in [6.45, 7) is 3.77. The van der Waals surface area contributed by atoms with E-state index in [9.17, 15) is 4.79 Å². The fraction of sp³-hybridized carbons (Fsp3) is 0.188. The van der Waals surface area contributed by atoms with E-state index in [0.717, 1.165) is 5.56 Å². The van der Waals surface area contributed by atoms with Crippen LogP contribution in [0.4, 0.5) is 0 Å². The highest BCUT2D eigenvalue weighted by Crippen LogP contribution is 2.23. The third-order valence-corrected chi connectivity index (χ3v) is 3.12. The van der Waals surface area contributed by atoms with Gasteiger partial charge in [-0.05, 0) is 18.1 Å².